The Hall–Kier alpha value is -3.79. The lowest BCUT2D eigenvalue weighted by atomic mass is 9.75. The van der Waals surface area contributed by atoms with E-state index in [9.17, 15) is 24.5 Å². The number of rotatable bonds is 3. The fourth-order valence-corrected chi connectivity index (χ4v) is 6.97. The van der Waals surface area contributed by atoms with Gasteiger partial charge >= 0.3 is 5.69 Å². The molecule has 3 fully saturated rings. The first-order chi connectivity index (χ1) is 17.1. The SMILES string of the molecule is COc1cc(N2C(=O)[C@@H]3[C@@H]4CCCN4[C@@]4(C(=O)Nc5c4ccc(C)c5C)[C@H]3C2=O)c(C)cc1[N+](=O)[O-]. The van der Waals surface area contributed by atoms with Gasteiger partial charge in [-0.1, -0.05) is 12.1 Å². The van der Waals surface area contributed by atoms with Crippen LogP contribution in [0.25, 0.3) is 0 Å². The standard InChI is InChI=1S/C26H26N4O6/c1-12-7-8-15-22(14(12)3)27-25(33)26(15)21-20(16-6-5-9-28(16)26)23(31)29(24(21)32)17-11-19(36-4)18(30(34)35)10-13(17)2/h7-8,10-11,16,20-21H,5-6,9H2,1-4H3,(H,27,33)/t16-,20+,21+,26+/m0/s1. The molecular formula is C26H26N4O6. The summed E-state index contributed by atoms with van der Waals surface area (Å²) in [5.41, 5.74) is 2.59. The van der Waals surface area contributed by atoms with E-state index in [0.717, 1.165) is 33.7 Å². The Morgan fingerprint density at radius 1 is 1.11 bits per heavy atom. The van der Waals surface area contributed by atoms with Gasteiger partial charge in [0.1, 0.15) is 5.54 Å². The average Bonchev–Trinajstić information content (AvgIpc) is 3.55. The lowest BCUT2D eigenvalue weighted by Gasteiger charge is -2.36. The summed E-state index contributed by atoms with van der Waals surface area (Å²) < 4.78 is 5.21. The quantitative estimate of drug-likeness (QED) is 0.399. The number of hydrogen-bond donors (Lipinski definition) is 1. The molecule has 2 aromatic rings. The number of aryl methyl sites for hydroxylation is 2. The van der Waals surface area contributed by atoms with E-state index >= 15 is 0 Å². The number of benzene rings is 2. The zero-order valence-electron chi connectivity index (χ0n) is 20.5. The molecule has 0 bridgehead atoms. The fraction of sp³-hybridized carbons (Fsp3) is 0.423. The van der Waals surface area contributed by atoms with Crippen LogP contribution >= 0.6 is 0 Å². The van der Waals surface area contributed by atoms with Gasteiger partial charge in [-0.05, 0) is 56.8 Å². The van der Waals surface area contributed by atoms with Gasteiger partial charge in [0.25, 0.3) is 0 Å². The normalized spacial score (nSPS) is 28.5. The minimum atomic E-state index is -1.26. The molecule has 4 aliphatic rings. The van der Waals surface area contributed by atoms with E-state index in [0.29, 0.717) is 18.5 Å². The van der Waals surface area contributed by atoms with E-state index < -0.39 is 28.2 Å². The topological polar surface area (TPSA) is 122 Å². The number of carbonyl (C=O) groups excluding carboxylic acids is 3. The molecule has 1 N–H and O–H groups in total. The number of hydrogen-bond acceptors (Lipinski definition) is 7. The lowest BCUT2D eigenvalue weighted by Crippen LogP contribution is -2.54. The van der Waals surface area contributed by atoms with Crippen LogP contribution in [0.1, 0.15) is 35.1 Å². The van der Waals surface area contributed by atoms with E-state index in [-0.39, 0.29) is 35.0 Å². The highest BCUT2D eigenvalue weighted by atomic mass is 16.6. The first-order valence-electron chi connectivity index (χ1n) is 12.0. The smallest absolute Gasteiger partial charge is 0.311 e. The molecule has 4 aliphatic heterocycles. The summed E-state index contributed by atoms with van der Waals surface area (Å²) in [6.07, 6.45) is 1.54. The Labute approximate surface area is 207 Å². The maximum atomic E-state index is 14.2. The van der Waals surface area contributed by atoms with Gasteiger partial charge in [-0.2, -0.15) is 0 Å². The van der Waals surface area contributed by atoms with Crippen molar-refractivity contribution in [3.63, 3.8) is 0 Å². The Balaban J connectivity index is 1.54. The van der Waals surface area contributed by atoms with Crippen LogP contribution in [-0.4, -0.2) is 47.2 Å². The van der Waals surface area contributed by atoms with Gasteiger partial charge in [-0.25, -0.2) is 4.90 Å². The maximum Gasteiger partial charge on any atom is 0.311 e. The van der Waals surface area contributed by atoms with Gasteiger partial charge in [-0.15, -0.1) is 0 Å². The van der Waals surface area contributed by atoms with Gasteiger partial charge in [0.15, 0.2) is 5.75 Å². The molecule has 0 unspecified atom stereocenters. The number of imide groups is 1. The number of nitrogens with zero attached hydrogens (tertiary/aromatic N) is 3. The fourth-order valence-electron chi connectivity index (χ4n) is 6.97. The molecule has 36 heavy (non-hydrogen) atoms. The van der Waals surface area contributed by atoms with Crippen molar-refractivity contribution in [2.24, 2.45) is 11.8 Å². The third-order valence-electron chi connectivity index (χ3n) is 8.63. The van der Waals surface area contributed by atoms with Crippen molar-refractivity contribution >= 4 is 34.8 Å². The van der Waals surface area contributed by atoms with Crippen molar-refractivity contribution in [2.45, 2.75) is 45.2 Å². The predicted molar refractivity (Wildman–Crippen MR) is 130 cm³/mol. The van der Waals surface area contributed by atoms with Crippen LogP contribution in [0.3, 0.4) is 0 Å². The van der Waals surface area contributed by atoms with E-state index in [1.54, 1.807) is 6.92 Å². The molecule has 4 heterocycles. The summed E-state index contributed by atoms with van der Waals surface area (Å²) in [4.78, 5) is 56.1. The summed E-state index contributed by atoms with van der Waals surface area (Å²) in [6.45, 7) is 6.17. The molecule has 0 saturated carbocycles. The number of nitro groups is 1. The number of carbonyl (C=O) groups is 3. The molecular weight excluding hydrogens is 464 g/mol. The van der Waals surface area contributed by atoms with Crippen LogP contribution in [0, 0.1) is 42.7 Å². The number of amides is 3. The number of nitro benzene ring substituents is 1. The predicted octanol–water partition coefficient (Wildman–Crippen LogP) is 2.96. The summed E-state index contributed by atoms with van der Waals surface area (Å²) in [5, 5.41) is 14.5. The van der Waals surface area contributed by atoms with E-state index in [1.165, 1.54) is 19.2 Å². The molecule has 10 nitrogen and oxygen atoms in total. The Morgan fingerprint density at radius 2 is 1.86 bits per heavy atom. The number of fused-ring (bicyclic) bond motifs is 7. The molecule has 0 aromatic heterocycles. The minimum Gasteiger partial charge on any atom is -0.490 e. The van der Waals surface area contributed by atoms with Crippen LogP contribution in [0.5, 0.6) is 5.75 Å². The second-order valence-corrected chi connectivity index (χ2v) is 10.1. The summed E-state index contributed by atoms with van der Waals surface area (Å²) >= 11 is 0. The maximum absolute atomic E-state index is 14.2. The molecule has 0 aliphatic carbocycles. The largest absolute Gasteiger partial charge is 0.490 e. The molecule has 6 rings (SSSR count). The van der Waals surface area contributed by atoms with Crippen molar-refractivity contribution < 1.29 is 24.0 Å². The van der Waals surface area contributed by atoms with Crippen molar-refractivity contribution in [2.75, 3.05) is 23.9 Å². The monoisotopic (exact) mass is 490 g/mol. The summed E-state index contributed by atoms with van der Waals surface area (Å²) in [7, 11) is 1.30. The highest BCUT2D eigenvalue weighted by molar-refractivity contribution is 6.26. The van der Waals surface area contributed by atoms with Gasteiger partial charge in [0, 0.05) is 29.4 Å². The lowest BCUT2D eigenvalue weighted by molar-refractivity contribution is -0.385. The Kier molecular flexibility index (Phi) is 4.63. The van der Waals surface area contributed by atoms with Crippen LogP contribution in [-0.2, 0) is 19.9 Å². The van der Waals surface area contributed by atoms with Crippen molar-refractivity contribution in [1.29, 1.82) is 0 Å². The van der Waals surface area contributed by atoms with Crippen molar-refractivity contribution in [3.8, 4) is 5.75 Å². The molecule has 186 valence electrons. The first kappa shape index (κ1) is 22.7. The zero-order chi connectivity index (χ0) is 25.7. The van der Waals surface area contributed by atoms with Crippen LogP contribution in [0.4, 0.5) is 17.1 Å². The highest BCUT2D eigenvalue weighted by Gasteiger charge is 2.74. The number of ether oxygens (including phenoxy) is 1. The van der Waals surface area contributed by atoms with Gasteiger partial charge in [0.2, 0.25) is 17.7 Å². The van der Waals surface area contributed by atoms with E-state index in [2.05, 4.69) is 10.2 Å². The highest BCUT2D eigenvalue weighted by Crippen LogP contribution is 2.61. The van der Waals surface area contributed by atoms with Gasteiger partial charge < -0.3 is 10.1 Å². The molecule has 0 radical (unpaired) electrons. The number of nitrogens with one attached hydrogen (secondary N) is 1. The van der Waals surface area contributed by atoms with Crippen molar-refractivity contribution in [3.05, 3.63) is 56.6 Å². The van der Waals surface area contributed by atoms with E-state index in [4.69, 9.17) is 4.74 Å². The van der Waals surface area contributed by atoms with Crippen LogP contribution < -0.4 is 15.0 Å². The third kappa shape index (κ3) is 2.52. The Bertz CT molecular complexity index is 1400. The third-order valence-corrected chi connectivity index (χ3v) is 8.63. The van der Waals surface area contributed by atoms with Crippen LogP contribution in [0.2, 0.25) is 0 Å². The van der Waals surface area contributed by atoms with Crippen molar-refractivity contribution in [1.82, 2.24) is 4.90 Å². The second-order valence-electron chi connectivity index (χ2n) is 10.1. The average molecular weight is 491 g/mol. The first-order valence-corrected chi connectivity index (χ1v) is 12.0. The summed E-state index contributed by atoms with van der Waals surface area (Å²) in [5.74, 6) is -2.71. The second kappa shape index (κ2) is 7.36. The van der Waals surface area contributed by atoms with Gasteiger partial charge in [0.05, 0.1) is 29.6 Å². The number of anilines is 2. The molecule has 3 saturated heterocycles. The minimum absolute atomic E-state index is 0.0366. The molecule has 10 heteroatoms. The molecule has 2 aromatic carbocycles. The Morgan fingerprint density at radius 3 is 2.56 bits per heavy atom. The molecule has 1 spiro atoms. The van der Waals surface area contributed by atoms with Gasteiger partial charge in [-0.3, -0.25) is 29.4 Å². The van der Waals surface area contributed by atoms with Crippen LogP contribution in [0.15, 0.2) is 24.3 Å². The molecule has 3 amide bonds. The zero-order valence-corrected chi connectivity index (χ0v) is 20.5. The number of methoxy groups -OCH3 is 1. The molecule has 4 atom stereocenters. The summed E-state index contributed by atoms with van der Waals surface area (Å²) in [6, 6.07) is 6.31. The van der Waals surface area contributed by atoms with E-state index in [1.807, 2.05) is 26.0 Å².